The third kappa shape index (κ3) is 7.07. The minimum atomic E-state index is -0.780. The molecule has 1 aromatic rings. The molecule has 0 saturated carbocycles. The molecule has 1 aliphatic rings. The number of nitrogens with two attached hydrogens (primary N) is 2. The Kier molecular flexibility index (Phi) is 8.94. The van der Waals surface area contributed by atoms with Crippen molar-refractivity contribution >= 4 is 30.2 Å². The van der Waals surface area contributed by atoms with Crippen molar-refractivity contribution in [2.24, 2.45) is 21.5 Å². The average molecular weight is 434 g/mol. The molecule has 0 radical (unpaired) electrons. The smallest absolute Gasteiger partial charge is 0.409 e. The zero-order valence-electron chi connectivity index (χ0n) is 17.3. The molecule has 0 aliphatic carbocycles. The molecule has 10 nitrogen and oxygen atoms in total. The van der Waals surface area contributed by atoms with Crippen LogP contribution in [0.15, 0.2) is 46.0 Å². The summed E-state index contributed by atoms with van der Waals surface area (Å²) in [4.78, 5) is 33.7. The number of benzene rings is 1. The van der Waals surface area contributed by atoms with Crippen LogP contribution in [0.4, 0.5) is 14.9 Å². The summed E-state index contributed by atoms with van der Waals surface area (Å²) in [6, 6.07) is 4.75. The summed E-state index contributed by atoms with van der Waals surface area (Å²) >= 11 is 0. The summed E-state index contributed by atoms with van der Waals surface area (Å²) < 4.78 is 23.0. The van der Waals surface area contributed by atoms with E-state index in [1.165, 1.54) is 42.5 Å². The van der Waals surface area contributed by atoms with Crippen LogP contribution in [0.3, 0.4) is 0 Å². The zero-order chi connectivity index (χ0) is 22.8. The van der Waals surface area contributed by atoms with E-state index < -0.39 is 17.8 Å². The first-order valence-electron chi connectivity index (χ1n) is 9.58. The number of aliphatic imine (C=N–C) groups is 2. The van der Waals surface area contributed by atoms with Gasteiger partial charge in [-0.3, -0.25) is 9.79 Å². The van der Waals surface area contributed by atoms with Crippen LogP contribution in [0.1, 0.15) is 6.42 Å². The lowest BCUT2D eigenvalue weighted by Gasteiger charge is -2.36. The van der Waals surface area contributed by atoms with Crippen molar-refractivity contribution in [1.82, 2.24) is 10.2 Å². The van der Waals surface area contributed by atoms with Gasteiger partial charge in [-0.25, -0.2) is 14.2 Å². The van der Waals surface area contributed by atoms with Crippen molar-refractivity contribution in [3.05, 3.63) is 41.9 Å². The van der Waals surface area contributed by atoms with Crippen LogP contribution in [0.25, 0.3) is 0 Å². The quantitative estimate of drug-likeness (QED) is 0.226. The maximum atomic E-state index is 13.0. The predicted octanol–water partition coefficient (Wildman–Crippen LogP) is 0.700. The minimum Gasteiger partial charge on any atom is -0.447 e. The Labute approximate surface area is 179 Å². The molecule has 0 bridgehead atoms. The SMILES string of the molecule is C=N[C@@H]1CN(C(=O)OCCOC)CC[C@H]1N/C=C(/C(N)=O)C(N)=Nc1ccc(F)cc1. The number of amidine groups is 1. The second kappa shape index (κ2) is 11.6. The van der Waals surface area contributed by atoms with Crippen molar-refractivity contribution in [3.63, 3.8) is 0 Å². The number of methoxy groups -OCH3 is 1. The van der Waals surface area contributed by atoms with Crippen molar-refractivity contribution in [1.29, 1.82) is 0 Å². The van der Waals surface area contributed by atoms with Gasteiger partial charge in [-0.1, -0.05) is 0 Å². The van der Waals surface area contributed by atoms with Gasteiger partial charge in [-0.05, 0) is 37.4 Å². The number of likely N-dealkylation sites (tertiary alicyclic amines) is 1. The van der Waals surface area contributed by atoms with E-state index in [1.807, 2.05) is 0 Å². The highest BCUT2D eigenvalue weighted by Crippen LogP contribution is 2.16. The summed E-state index contributed by atoms with van der Waals surface area (Å²) in [5.74, 6) is -1.31. The van der Waals surface area contributed by atoms with Gasteiger partial charge in [0.2, 0.25) is 0 Å². The molecule has 5 N–H and O–H groups in total. The predicted molar refractivity (Wildman–Crippen MR) is 115 cm³/mol. The van der Waals surface area contributed by atoms with Gasteiger partial charge in [0, 0.05) is 26.4 Å². The van der Waals surface area contributed by atoms with Gasteiger partial charge in [-0.2, -0.15) is 0 Å². The summed E-state index contributed by atoms with van der Waals surface area (Å²) in [6.07, 6.45) is 1.45. The van der Waals surface area contributed by atoms with E-state index in [0.29, 0.717) is 31.8 Å². The standard InChI is InChI=1S/C20H27FN6O4/c1-24-17-12-27(20(29)31-10-9-30-2)8-7-16(17)25-11-15(19(23)28)18(22)26-14-5-3-13(21)4-6-14/h3-6,11,16-17,25H,1,7-10,12H2,2H3,(H2,22,26)(H2,23,28)/b15-11+/t16-,17-/m1/s1. The lowest BCUT2D eigenvalue weighted by Crippen LogP contribution is -2.52. The Bertz CT molecular complexity index is 843. The van der Waals surface area contributed by atoms with E-state index in [9.17, 15) is 14.0 Å². The van der Waals surface area contributed by atoms with Crippen molar-refractivity contribution in [2.75, 3.05) is 33.4 Å². The normalized spacial score (nSPS) is 19.6. The molecular weight excluding hydrogens is 407 g/mol. The van der Waals surface area contributed by atoms with Crippen molar-refractivity contribution in [2.45, 2.75) is 18.5 Å². The number of halogens is 1. The number of nitrogens with zero attached hydrogens (tertiary/aromatic N) is 3. The molecule has 0 spiro atoms. The Morgan fingerprint density at radius 2 is 2.03 bits per heavy atom. The maximum absolute atomic E-state index is 13.0. The maximum Gasteiger partial charge on any atom is 0.409 e. The highest BCUT2D eigenvalue weighted by Gasteiger charge is 2.31. The Balaban J connectivity index is 2.05. The van der Waals surface area contributed by atoms with E-state index in [4.69, 9.17) is 20.9 Å². The second-order valence-electron chi connectivity index (χ2n) is 6.76. The van der Waals surface area contributed by atoms with Gasteiger partial charge < -0.3 is 31.2 Å². The Morgan fingerprint density at radius 1 is 1.32 bits per heavy atom. The van der Waals surface area contributed by atoms with E-state index in [2.05, 4.69) is 22.0 Å². The molecule has 168 valence electrons. The lowest BCUT2D eigenvalue weighted by molar-refractivity contribution is -0.114. The number of nitrogens with one attached hydrogen (secondary N) is 1. The molecule has 2 amide bonds. The molecule has 2 rings (SSSR count). The molecule has 1 heterocycles. The first-order chi connectivity index (χ1) is 14.8. The highest BCUT2D eigenvalue weighted by atomic mass is 19.1. The molecule has 0 aromatic heterocycles. The van der Waals surface area contributed by atoms with Gasteiger partial charge in [0.1, 0.15) is 18.3 Å². The van der Waals surface area contributed by atoms with Gasteiger partial charge in [0.15, 0.2) is 0 Å². The summed E-state index contributed by atoms with van der Waals surface area (Å²) in [6.45, 7) is 4.78. The van der Waals surface area contributed by atoms with Gasteiger partial charge in [0.25, 0.3) is 5.91 Å². The fourth-order valence-electron chi connectivity index (χ4n) is 2.96. The third-order valence-corrected chi connectivity index (χ3v) is 4.65. The number of piperidine rings is 1. The topological polar surface area (TPSA) is 145 Å². The summed E-state index contributed by atoms with van der Waals surface area (Å²) in [5.41, 5.74) is 11.7. The van der Waals surface area contributed by atoms with Crippen LogP contribution < -0.4 is 16.8 Å². The number of primary amides is 1. The Hall–Kier alpha value is -3.47. The number of ether oxygens (including phenoxy) is 2. The van der Waals surface area contributed by atoms with Gasteiger partial charge in [-0.15, -0.1) is 0 Å². The van der Waals surface area contributed by atoms with Crippen LogP contribution in [0, 0.1) is 5.82 Å². The molecule has 2 atom stereocenters. The number of hydrogen-bond donors (Lipinski definition) is 3. The van der Waals surface area contributed by atoms with E-state index in [-0.39, 0.29) is 30.1 Å². The zero-order valence-corrected chi connectivity index (χ0v) is 17.3. The first-order valence-corrected chi connectivity index (χ1v) is 9.58. The molecule has 11 heteroatoms. The number of carbonyl (C=O) groups excluding carboxylic acids is 2. The molecule has 1 saturated heterocycles. The number of rotatable bonds is 9. The minimum absolute atomic E-state index is 0.0338. The average Bonchev–Trinajstić information content (AvgIpc) is 2.75. The summed E-state index contributed by atoms with van der Waals surface area (Å²) in [5, 5.41) is 3.08. The molecule has 1 fully saturated rings. The number of amides is 2. The largest absolute Gasteiger partial charge is 0.447 e. The van der Waals surface area contributed by atoms with E-state index >= 15 is 0 Å². The highest BCUT2D eigenvalue weighted by molar-refractivity contribution is 6.20. The fourth-order valence-corrected chi connectivity index (χ4v) is 2.96. The van der Waals surface area contributed by atoms with Crippen LogP contribution in [-0.4, -0.2) is 75.0 Å². The fraction of sp³-hybridized carbons (Fsp3) is 0.400. The first kappa shape index (κ1) is 23.8. The number of hydrogen-bond acceptors (Lipinski definition) is 7. The van der Waals surface area contributed by atoms with Crippen molar-refractivity contribution in [3.8, 4) is 0 Å². The molecule has 1 aliphatic heterocycles. The number of carbonyl (C=O) groups is 2. The van der Waals surface area contributed by atoms with E-state index in [1.54, 1.807) is 0 Å². The lowest BCUT2D eigenvalue weighted by atomic mass is 10.00. The van der Waals surface area contributed by atoms with Crippen LogP contribution in [-0.2, 0) is 14.3 Å². The van der Waals surface area contributed by atoms with Gasteiger partial charge >= 0.3 is 6.09 Å². The molecule has 1 aromatic carbocycles. The van der Waals surface area contributed by atoms with Crippen LogP contribution in [0.2, 0.25) is 0 Å². The second-order valence-corrected chi connectivity index (χ2v) is 6.76. The van der Waals surface area contributed by atoms with E-state index in [0.717, 1.165) is 0 Å². The Morgan fingerprint density at radius 3 is 2.65 bits per heavy atom. The van der Waals surface area contributed by atoms with Crippen molar-refractivity contribution < 1.29 is 23.5 Å². The molecule has 0 unspecified atom stereocenters. The van der Waals surface area contributed by atoms with Crippen LogP contribution >= 0.6 is 0 Å². The summed E-state index contributed by atoms with van der Waals surface area (Å²) in [7, 11) is 1.52. The molecule has 31 heavy (non-hydrogen) atoms. The third-order valence-electron chi connectivity index (χ3n) is 4.65. The van der Waals surface area contributed by atoms with Gasteiger partial charge in [0.05, 0.1) is 30.0 Å². The monoisotopic (exact) mass is 434 g/mol. The molecular formula is C20H27FN6O4. The van der Waals surface area contributed by atoms with Crippen LogP contribution in [0.5, 0.6) is 0 Å².